The van der Waals surface area contributed by atoms with Gasteiger partial charge in [-0.1, -0.05) is 0 Å². The van der Waals surface area contributed by atoms with Crippen molar-refractivity contribution in [3.8, 4) is 6.07 Å². The van der Waals surface area contributed by atoms with Gasteiger partial charge < -0.3 is 5.32 Å². The summed E-state index contributed by atoms with van der Waals surface area (Å²) in [6.07, 6.45) is 0.506. The number of carbonyl (C=O) groups excluding carboxylic acids is 1. The zero-order valence-electron chi connectivity index (χ0n) is 5.48. The van der Waals surface area contributed by atoms with Gasteiger partial charge in [0.25, 0.3) is 0 Å². The number of Topliss-reactive ketones (excluding diaryl/α,β-unsaturated/α-hetero) is 1. The molecule has 50 valence electrons. The monoisotopic (exact) mass is 126 g/mol. The van der Waals surface area contributed by atoms with Gasteiger partial charge in [-0.15, -0.1) is 0 Å². The predicted octanol–water partition coefficient (Wildman–Crippen LogP) is 0.0787. The first-order valence-electron chi connectivity index (χ1n) is 2.84. The van der Waals surface area contributed by atoms with Crippen LogP contribution in [-0.4, -0.2) is 19.4 Å². The van der Waals surface area contributed by atoms with Gasteiger partial charge in [0.1, 0.15) is 5.78 Å². The fourth-order valence-corrected chi connectivity index (χ4v) is 0.441. The zero-order chi connectivity index (χ0) is 7.11. The highest BCUT2D eigenvalue weighted by molar-refractivity contribution is 5.80. The van der Waals surface area contributed by atoms with Gasteiger partial charge >= 0.3 is 0 Å². The SMILES string of the molecule is CNCCC(=O)CC#N. The molecule has 0 heterocycles. The molecule has 0 radical (unpaired) electrons. The lowest BCUT2D eigenvalue weighted by Gasteiger charge is -1.92. The molecule has 3 heteroatoms. The molecular formula is C6H10N2O. The maximum atomic E-state index is 10.5. The molecule has 3 nitrogen and oxygen atoms in total. The molecule has 0 aromatic carbocycles. The summed E-state index contributed by atoms with van der Waals surface area (Å²) >= 11 is 0. The molecule has 0 amide bonds. The number of hydrogen-bond acceptors (Lipinski definition) is 3. The van der Waals surface area contributed by atoms with Crippen molar-refractivity contribution < 1.29 is 4.79 Å². The van der Waals surface area contributed by atoms with Gasteiger partial charge in [-0.3, -0.25) is 4.79 Å². The summed E-state index contributed by atoms with van der Waals surface area (Å²) in [5.74, 6) is 0.00634. The summed E-state index contributed by atoms with van der Waals surface area (Å²) in [6, 6.07) is 1.80. The molecule has 0 bridgehead atoms. The highest BCUT2D eigenvalue weighted by atomic mass is 16.1. The minimum Gasteiger partial charge on any atom is -0.319 e. The van der Waals surface area contributed by atoms with Crippen LogP contribution in [0.4, 0.5) is 0 Å². The molecule has 1 N–H and O–H groups in total. The summed E-state index contributed by atoms with van der Waals surface area (Å²) < 4.78 is 0. The number of nitriles is 1. The van der Waals surface area contributed by atoms with Crippen LogP contribution in [0.15, 0.2) is 0 Å². The van der Waals surface area contributed by atoms with Crippen LogP contribution in [0.3, 0.4) is 0 Å². The lowest BCUT2D eigenvalue weighted by atomic mass is 10.2. The summed E-state index contributed by atoms with van der Waals surface area (Å²) in [5.41, 5.74) is 0. The fraction of sp³-hybridized carbons (Fsp3) is 0.667. The standard InChI is InChI=1S/C6H10N2O/c1-8-5-3-6(9)2-4-7/h8H,2-3,5H2,1H3. The molecule has 0 aliphatic carbocycles. The van der Waals surface area contributed by atoms with Crippen LogP contribution in [0, 0.1) is 11.3 Å². The summed E-state index contributed by atoms with van der Waals surface area (Å²) in [7, 11) is 1.78. The Hall–Kier alpha value is -0.880. The first-order chi connectivity index (χ1) is 4.31. The van der Waals surface area contributed by atoms with Crippen molar-refractivity contribution in [1.29, 1.82) is 5.26 Å². The Kier molecular flexibility index (Phi) is 4.75. The Balaban J connectivity index is 3.19. The molecular weight excluding hydrogens is 116 g/mol. The first kappa shape index (κ1) is 8.12. The van der Waals surface area contributed by atoms with E-state index in [0.717, 1.165) is 0 Å². The van der Waals surface area contributed by atoms with Gasteiger partial charge in [0.2, 0.25) is 0 Å². The van der Waals surface area contributed by atoms with Crippen LogP contribution in [0.25, 0.3) is 0 Å². The average molecular weight is 126 g/mol. The Labute approximate surface area is 54.7 Å². The molecule has 0 aliphatic rings. The quantitative estimate of drug-likeness (QED) is 0.580. The zero-order valence-corrected chi connectivity index (χ0v) is 5.48. The second-order valence-corrected chi connectivity index (χ2v) is 1.73. The van der Waals surface area contributed by atoms with Gasteiger partial charge in [-0.25, -0.2) is 0 Å². The van der Waals surface area contributed by atoms with E-state index in [-0.39, 0.29) is 12.2 Å². The summed E-state index contributed by atoms with van der Waals surface area (Å²) in [4.78, 5) is 10.5. The number of nitrogens with zero attached hydrogens (tertiary/aromatic N) is 1. The predicted molar refractivity (Wildman–Crippen MR) is 33.8 cm³/mol. The van der Waals surface area contributed by atoms with Crippen molar-refractivity contribution in [2.75, 3.05) is 13.6 Å². The lowest BCUT2D eigenvalue weighted by Crippen LogP contribution is -2.12. The molecule has 0 aromatic rings. The van der Waals surface area contributed by atoms with Crippen LogP contribution in [0.2, 0.25) is 0 Å². The van der Waals surface area contributed by atoms with Gasteiger partial charge in [-0.05, 0) is 7.05 Å². The van der Waals surface area contributed by atoms with Crippen molar-refractivity contribution in [2.24, 2.45) is 0 Å². The van der Waals surface area contributed by atoms with E-state index in [0.29, 0.717) is 13.0 Å². The molecule has 0 rings (SSSR count). The number of hydrogen-bond donors (Lipinski definition) is 1. The Morgan fingerprint density at radius 1 is 1.78 bits per heavy atom. The molecule has 0 atom stereocenters. The van der Waals surface area contributed by atoms with E-state index in [4.69, 9.17) is 5.26 Å². The van der Waals surface area contributed by atoms with Crippen molar-refractivity contribution in [3.63, 3.8) is 0 Å². The van der Waals surface area contributed by atoms with Crippen molar-refractivity contribution >= 4 is 5.78 Å². The second kappa shape index (κ2) is 5.26. The van der Waals surface area contributed by atoms with Crippen molar-refractivity contribution in [3.05, 3.63) is 0 Å². The summed E-state index contributed by atoms with van der Waals surface area (Å²) in [6.45, 7) is 0.667. The summed E-state index contributed by atoms with van der Waals surface area (Å²) in [5, 5.41) is 10.9. The molecule has 0 unspecified atom stereocenters. The van der Waals surface area contributed by atoms with E-state index < -0.39 is 0 Å². The highest BCUT2D eigenvalue weighted by Gasteiger charge is 1.96. The van der Waals surface area contributed by atoms with Gasteiger partial charge in [-0.2, -0.15) is 5.26 Å². The fourth-order valence-electron chi connectivity index (χ4n) is 0.441. The third kappa shape index (κ3) is 4.98. The minimum absolute atomic E-state index is 0.00634. The van der Waals surface area contributed by atoms with Crippen molar-refractivity contribution in [2.45, 2.75) is 12.8 Å². The lowest BCUT2D eigenvalue weighted by molar-refractivity contribution is -0.118. The van der Waals surface area contributed by atoms with Crippen LogP contribution in [-0.2, 0) is 4.79 Å². The van der Waals surface area contributed by atoms with Gasteiger partial charge in [0.05, 0.1) is 12.5 Å². The molecule has 0 saturated carbocycles. The second-order valence-electron chi connectivity index (χ2n) is 1.73. The number of carbonyl (C=O) groups is 1. The van der Waals surface area contributed by atoms with Gasteiger partial charge in [0.15, 0.2) is 0 Å². The number of nitrogens with one attached hydrogen (secondary N) is 1. The van der Waals surface area contributed by atoms with Crippen molar-refractivity contribution in [1.82, 2.24) is 5.32 Å². The maximum Gasteiger partial charge on any atom is 0.148 e. The van der Waals surface area contributed by atoms with E-state index in [1.54, 1.807) is 13.1 Å². The topological polar surface area (TPSA) is 52.9 Å². The van der Waals surface area contributed by atoms with Crippen LogP contribution >= 0.6 is 0 Å². The van der Waals surface area contributed by atoms with E-state index in [1.807, 2.05) is 0 Å². The molecule has 0 fully saturated rings. The third-order valence-electron chi connectivity index (χ3n) is 0.930. The molecule has 0 saturated heterocycles. The number of rotatable bonds is 4. The molecule has 0 aromatic heterocycles. The average Bonchev–Trinajstić information content (AvgIpc) is 1.85. The Bertz CT molecular complexity index is 126. The van der Waals surface area contributed by atoms with E-state index in [9.17, 15) is 4.79 Å². The molecule has 0 spiro atoms. The molecule has 9 heavy (non-hydrogen) atoms. The van der Waals surface area contributed by atoms with E-state index in [1.165, 1.54) is 0 Å². The molecule has 0 aliphatic heterocycles. The highest BCUT2D eigenvalue weighted by Crippen LogP contribution is 1.84. The third-order valence-corrected chi connectivity index (χ3v) is 0.930. The Morgan fingerprint density at radius 3 is 2.89 bits per heavy atom. The normalized spacial score (nSPS) is 8.44. The first-order valence-corrected chi connectivity index (χ1v) is 2.84. The van der Waals surface area contributed by atoms with E-state index >= 15 is 0 Å². The van der Waals surface area contributed by atoms with E-state index in [2.05, 4.69) is 5.32 Å². The number of ketones is 1. The minimum atomic E-state index is 0.00634. The van der Waals surface area contributed by atoms with Crippen LogP contribution in [0.5, 0.6) is 0 Å². The maximum absolute atomic E-state index is 10.5. The smallest absolute Gasteiger partial charge is 0.148 e. The van der Waals surface area contributed by atoms with Gasteiger partial charge in [0, 0.05) is 13.0 Å². The van der Waals surface area contributed by atoms with Crippen LogP contribution < -0.4 is 5.32 Å². The Morgan fingerprint density at radius 2 is 2.44 bits per heavy atom. The van der Waals surface area contributed by atoms with Crippen LogP contribution in [0.1, 0.15) is 12.8 Å². The largest absolute Gasteiger partial charge is 0.319 e.